The van der Waals surface area contributed by atoms with E-state index in [9.17, 15) is 14.4 Å². The molecule has 0 heterocycles. The van der Waals surface area contributed by atoms with E-state index in [-0.39, 0.29) is 17.1 Å². The average Bonchev–Trinajstić information content (AvgIpc) is 2.66. The van der Waals surface area contributed by atoms with Crippen molar-refractivity contribution in [1.82, 2.24) is 0 Å². The predicted octanol–water partition coefficient (Wildman–Crippen LogP) is 3.03. The Morgan fingerprint density at radius 2 is 1.63 bits per heavy atom. The van der Waals surface area contributed by atoms with Gasteiger partial charge in [0.2, 0.25) is 0 Å². The Balaban J connectivity index is 2.24. The summed E-state index contributed by atoms with van der Waals surface area (Å²) in [6.45, 7) is 1.24. The summed E-state index contributed by atoms with van der Waals surface area (Å²) < 4.78 is 20.2. The molecule has 0 unspecified atom stereocenters. The molecule has 0 bridgehead atoms. The third-order valence-electron chi connectivity index (χ3n) is 3.36. The van der Waals surface area contributed by atoms with Crippen LogP contribution in [-0.2, 0) is 14.3 Å². The maximum Gasteiger partial charge on any atom is 0.347 e. The van der Waals surface area contributed by atoms with E-state index >= 15 is 0 Å². The van der Waals surface area contributed by atoms with Gasteiger partial charge in [-0.05, 0) is 35.9 Å². The van der Waals surface area contributed by atoms with Crippen LogP contribution in [0.25, 0.3) is 6.08 Å². The van der Waals surface area contributed by atoms with Gasteiger partial charge in [-0.3, -0.25) is 4.79 Å². The number of hydrogen-bond acceptors (Lipinski definition) is 7. The zero-order valence-electron chi connectivity index (χ0n) is 15.1. The molecule has 0 aliphatic rings. The number of ether oxygens (including phenoxy) is 4. The highest BCUT2D eigenvalue weighted by atomic mass is 16.6. The van der Waals surface area contributed by atoms with Gasteiger partial charge in [-0.15, -0.1) is 0 Å². The van der Waals surface area contributed by atoms with Gasteiger partial charge in [0.1, 0.15) is 11.3 Å². The Labute approximate surface area is 156 Å². The van der Waals surface area contributed by atoms with Crippen LogP contribution in [0.3, 0.4) is 0 Å². The molecule has 2 aromatic carbocycles. The van der Waals surface area contributed by atoms with Crippen LogP contribution < -0.4 is 14.2 Å². The van der Waals surface area contributed by atoms with Crippen LogP contribution in [-0.4, -0.2) is 32.1 Å². The van der Waals surface area contributed by atoms with E-state index in [1.807, 2.05) is 0 Å². The lowest BCUT2D eigenvalue weighted by molar-refractivity contribution is -0.135. The number of esters is 3. The van der Waals surface area contributed by atoms with E-state index in [0.29, 0.717) is 11.3 Å². The topological polar surface area (TPSA) is 88.1 Å². The molecular formula is C20H18O7. The number of carbonyl (C=O) groups is 3. The van der Waals surface area contributed by atoms with E-state index in [1.54, 1.807) is 24.3 Å². The maximum atomic E-state index is 12.5. The number of para-hydroxylation sites is 1. The maximum absolute atomic E-state index is 12.5. The van der Waals surface area contributed by atoms with Gasteiger partial charge in [0, 0.05) is 13.0 Å². The van der Waals surface area contributed by atoms with Crippen LogP contribution in [0.2, 0.25) is 0 Å². The van der Waals surface area contributed by atoms with Crippen LogP contribution >= 0.6 is 0 Å². The Morgan fingerprint density at radius 1 is 0.889 bits per heavy atom. The van der Waals surface area contributed by atoms with Gasteiger partial charge in [0.15, 0.2) is 11.5 Å². The van der Waals surface area contributed by atoms with Gasteiger partial charge in [-0.25, -0.2) is 9.59 Å². The molecular weight excluding hydrogens is 352 g/mol. The quantitative estimate of drug-likeness (QED) is 0.439. The van der Waals surface area contributed by atoms with Crippen molar-refractivity contribution in [3.05, 3.63) is 59.7 Å². The zero-order chi connectivity index (χ0) is 19.8. The average molecular weight is 370 g/mol. The molecule has 0 aliphatic carbocycles. The minimum absolute atomic E-state index is 0.101. The third-order valence-corrected chi connectivity index (χ3v) is 3.36. The summed E-state index contributed by atoms with van der Waals surface area (Å²) in [4.78, 5) is 34.8. The molecule has 0 aliphatic heterocycles. The lowest BCUT2D eigenvalue weighted by Gasteiger charge is -2.12. The third kappa shape index (κ3) is 5.43. The lowest BCUT2D eigenvalue weighted by Crippen LogP contribution is -2.13. The molecule has 0 saturated carbocycles. The molecule has 0 saturated heterocycles. The van der Waals surface area contributed by atoms with Gasteiger partial charge in [0.25, 0.3) is 0 Å². The normalized spacial score (nSPS) is 10.3. The molecule has 7 heteroatoms. The number of hydrogen-bond donors (Lipinski definition) is 0. The number of rotatable bonds is 6. The van der Waals surface area contributed by atoms with Gasteiger partial charge in [0.05, 0.1) is 14.2 Å². The highest BCUT2D eigenvalue weighted by molar-refractivity contribution is 5.95. The molecule has 27 heavy (non-hydrogen) atoms. The number of benzene rings is 2. The van der Waals surface area contributed by atoms with E-state index in [4.69, 9.17) is 14.2 Å². The highest BCUT2D eigenvalue weighted by Gasteiger charge is 2.18. The molecule has 0 amide bonds. The molecule has 0 N–H and O–H groups in total. The van der Waals surface area contributed by atoms with E-state index in [2.05, 4.69) is 4.74 Å². The van der Waals surface area contributed by atoms with Crippen molar-refractivity contribution >= 4 is 24.0 Å². The molecule has 0 fully saturated rings. The van der Waals surface area contributed by atoms with E-state index in [0.717, 1.165) is 0 Å². The molecule has 7 nitrogen and oxygen atoms in total. The molecule has 0 radical (unpaired) electrons. The van der Waals surface area contributed by atoms with Crippen LogP contribution in [0.1, 0.15) is 22.8 Å². The second-order valence-corrected chi connectivity index (χ2v) is 5.25. The summed E-state index contributed by atoms with van der Waals surface area (Å²) >= 11 is 0. The highest BCUT2D eigenvalue weighted by Crippen LogP contribution is 2.30. The first-order valence-electron chi connectivity index (χ1n) is 7.88. The zero-order valence-corrected chi connectivity index (χ0v) is 15.1. The molecule has 2 aromatic rings. The number of carbonyl (C=O) groups excluding carboxylic acids is 3. The fourth-order valence-corrected chi connectivity index (χ4v) is 2.14. The summed E-state index contributed by atoms with van der Waals surface area (Å²) in [5, 5.41) is 0. The Morgan fingerprint density at radius 3 is 2.30 bits per heavy atom. The molecule has 0 atom stereocenters. The van der Waals surface area contributed by atoms with Gasteiger partial charge in [-0.2, -0.15) is 0 Å². The standard InChI is InChI=1S/C20H18O7/c1-13(21)26-16-7-5-4-6-15(16)20(23)27-17-10-8-14(12-18(17)24-2)9-11-19(22)25-3/h4-12H,1-3H3. The first kappa shape index (κ1) is 19.7. The van der Waals surface area contributed by atoms with Crippen molar-refractivity contribution < 1.29 is 33.3 Å². The van der Waals surface area contributed by atoms with Crippen molar-refractivity contribution in [1.29, 1.82) is 0 Å². The Hall–Kier alpha value is -3.61. The van der Waals surface area contributed by atoms with Crippen molar-refractivity contribution in [3.8, 4) is 17.2 Å². The smallest absolute Gasteiger partial charge is 0.347 e. The monoisotopic (exact) mass is 370 g/mol. The molecule has 2 rings (SSSR count). The molecule has 140 valence electrons. The van der Waals surface area contributed by atoms with Crippen LogP contribution in [0.5, 0.6) is 17.2 Å². The van der Waals surface area contributed by atoms with Crippen molar-refractivity contribution in [3.63, 3.8) is 0 Å². The Bertz CT molecular complexity index is 884. The fraction of sp³-hybridized carbons (Fsp3) is 0.150. The van der Waals surface area contributed by atoms with E-state index < -0.39 is 17.9 Å². The summed E-state index contributed by atoms with van der Waals surface area (Å²) in [6, 6.07) is 11.0. The summed E-state index contributed by atoms with van der Waals surface area (Å²) in [5.74, 6) is -1.17. The summed E-state index contributed by atoms with van der Waals surface area (Å²) in [6.07, 6.45) is 2.80. The second-order valence-electron chi connectivity index (χ2n) is 5.25. The van der Waals surface area contributed by atoms with Crippen molar-refractivity contribution in [2.45, 2.75) is 6.92 Å². The van der Waals surface area contributed by atoms with Crippen LogP contribution in [0.15, 0.2) is 48.5 Å². The van der Waals surface area contributed by atoms with Crippen molar-refractivity contribution in [2.24, 2.45) is 0 Å². The summed E-state index contributed by atoms with van der Waals surface area (Å²) in [5.41, 5.74) is 0.752. The lowest BCUT2D eigenvalue weighted by atomic mass is 10.1. The van der Waals surface area contributed by atoms with Gasteiger partial charge in [-0.1, -0.05) is 18.2 Å². The van der Waals surface area contributed by atoms with Gasteiger partial charge >= 0.3 is 17.9 Å². The molecule has 0 spiro atoms. The SMILES string of the molecule is COC(=O)C=Cc1ccc(OC(=O)c2ccccc2OC(C)=O)c(OC)c1. The van der Waals surface area contributed by atoms with Gasteiger partial charge < -0.3 is 18.9 Å². The van der Waals surface area contributed by atoms with E-state index in [1.165, 1.54) is 51.5 Å². The fourth-order valence-electron chi connectivity index (χ4n) is 2.14. The van der Waals surface area contributed by atoms with Crippen molar-refractivity contribution in [2.75, 3.05) is 14.2 Å². The summed E-state index contributed by atoms with van der Waals surface area (Å²) in [7, 11) is 2.71. The second kappa shape index (κ2) is 9.19. The van der Waals surface area contributed by atoms with Crippen LogP contribution in [0, 0.1) is 0 Å². The first-order valence-corrected chi connectivity index (χ1v) is 7.88. The largest absolute Gasteiger partial charge is 0.493 e. The minimum atomic E-state index is -0.706. The minimum Gasteiger partial charge on any atom is -0.493 e. The Kier molecular flexibility index (Phi) is 6.71. The van der Waals surface area contributed by atoms with Crippen LogP contribution in [0.4, 0.5) is 0 Å². The first-order chi connectivity index (χ1) is 12.9. The number of methoxy groups -OCH3 is 2. The predicted molar refractivity (Wildman–Crippen MR) is 96.8 cm³/mol. The molecule has 0 aromatic heterocycles.